The zero-order valence-electron chi connectivity index (χ0n) is 10.3. The number of aliphatic hydroxyl groups is 1. The number of rotatable bonds is 7. The van der Waals surface area contributed by atoms with E-state index in [0.29, 0.717) is 6.54 Å². The van der Waals surface area contributed by atoms with Crippen molar-refractivity contribution in [3.63, 3.8) is 0 Å². The van der Waals surface area contributed by atoms with Gasteiger partial charge in [-0.05, 0) is 65.6 Å². The Hall–Kier alpha value is -0.180. The van der Waals surface area contributed by atoms with Gasteiger partial charge >= 0.3 is 0 Å². The van der Waals surface area contributed by atoms with Gasteiger partial charge in [-0.3, -0.25) is 0 Å². The fourth-order valence-corrected chi connectivity index (χ4v) is 2.88. The van der Waals surface area contributed by atoms with Gasteiger partial charge in [0.05, 0.1) is 4.90 Å². The van der Waals surface area contributed by atoms with E-state index in [-0.39, 0.29) is 17.4 Å². The standard InChI is InChI=1S/C12H18INO3S/c1-10(9-15)3-2-8-14-18(16,17)12-6-4-11(13)5-7-12/h4-7,10,14-15H,2-3,8-9H2,1H3. The van der Waals surface area contributed by atoms with Crippen LogP contribution in [0.2, 0.25) is 0 Å². The number of aliphatic hydroxyl groups excluding tert-OH is 1. The number of hydrogen-bond acceptors (Lipinski definition) is 3. The van der Waals surface area contributed by atoms with Gasteiger partial charge in [-0.1, -0.05) is 6.92 Å². The highest BCUT2D eigenvalue weighted by atomic mass is 127. The predicted molar refractivity (Wildman–Crippen MR) is 79.8 cm³/mol. The average Bonchev–Trinajstić information content (AvgIpc) is 2.35. The fraction of sp³-hybridized carbons (Fsp3) is 0.500. The molecule has 0 aliphatic heterocycles. The number of sulfonamides is 1. The summed E-state index contributed by atoms with van der Waals surface area (Å²) < 4.78 is 27.4. The van der Waals surface area contributed by atoms with Crippen molar-refractivity contribution < 1.29 is 13.5 Å². The molecule has 0 aliphatic rings. The molecule has 102 valence electrons. The second-order valence-electron chi connectivity index (χ2n) is 4.28. The summed E-state index contributed by atoms with van der Waals surface area (Å²) >= 11 is 2.13. The van der Waals surface area contributed by atoms with Gasteiger partial charge in [0, 0.05) is 16.7 Å². The maximum absolute atomic E-state index is 11.9. The van der Waals surface area contributed by atoms with Gasteiger partial charge in [-0.2, -0.15) is 0 Å². The Balaban J connectivity index is 2.48. The van der Waals surface area contributed by atoms with Gasteiger partial charge in [0.2, 0.25) is 10.0 Å². The Morgan fingerprint density at radius 1 is 1.33 bits per heavy atom. The number of benzene rings is 1. The van der Waals surface area contributed by atoms with Crippen LogP contribution in [0.25, 0.3) is 0 Å². The summed E-state index contributed by atoms with van der Waals surface area (Å²) in [4.78, 5) is 0.290. The topological polar surface area (TPSA) is 66.4 Å². The van der Waals surface area contributed by atoms with Crippen molar-refractivity contribution in [2.45, 2.75) is 24.7 Å². The van der Waals surface area contributed by atoms with Crippen molar-refractivity contribution >= 4 is 32.6 Å². The molecule has 0 radical (unpaired) electrons. The van der Waals surface area contributed by atoms with E-state index in [4.69, 9.17) is 5.11 Å². The van der Waals surface area contributed by atoms with Gasteiger partial charge in [0.15, 0.2) is 0 Å². The van der Waals surface area contributed by atoms with Crippen molar-refractivity contribution in [3.8, 4) is 0 Å². The van der Waals surface area contributed by atoms with Gasteiger partial charge in [0.1, 0.15) is 0 Å². The summed E-state index contributed by atoms with van der Waals surface area (Å²) in [5.74, 6) is 0.216. The first kappa shape index (κ1) is 15.9. The predicted octanol–water partition coefficient (Wildman–Crippen LogP) is 1.98. The van der Waals surface area contributed by atoms with E-state index < -0.39 is 10.0 Å². The molecule has 1 rings (SSSR count). The SMILES string of the molecule is CC(CO)CCCNS(=O)(=O)c1ccc(I)cc1. The lowest BCUT2D eigenvalue weighted by molar-refractivity contribution is 0.228. The van der Waals surface area contributed by atoms with E-state index in [0.717, 1.165) is 16.4 Å². The van der Waals surface area contributed by atoms with Crippen molar-refractivity contribution in [3.05, 3.63) is 27.8 Å². The zero-order valence-corrected chi connectivity index (χ0v) is 13.2. The van der Waals surface area contributed by atoms with Crippen LogP contribution >= 0.6 is 22.6 Å². The maximum atomic E-state index is 11.9. The van der Waals surface area contributed by atoms with Crippen molar-refractivity contribution in [2.24, 2.45) is 5.92 Å². The normalized spacial score (nSPS) is 13.5. The van der Waals surface area contributed by atoms with E-state index in [1.165, 1.54) is 0 Å². The molecule has 18 heavy (non-hydrogen) atoms. The first-order chi connectivity index (χ1) is 8.45. The van der Waals surface area contributed by atoms with Crippen LogP contribution < -0.4 is 4.72 Å². The highest BCUT2D eigenvalue weighted by molar-refractivity contribution is 14.1. The molecule has 0 heterocycles. The molecule has 2 N–H and O–H groups in total. The molecule has 1 aromatic rings. The monoisotopic (exact) mass is 383 g/mol. The van der Waals surface area contributed by atoms with Gasteiger partial charge in [-0.25, -0.2) is 13.1 Å². The summed E-state index contributed by atoms with van der Waals surface area (Å²) in [7, 11) is -3.40. The summed E-state index contributed by atoms with van der Waals surface area (Å²) in [6, 6.07) is 6.73. The molecule has 1 atom stereocenters. The Morgan fingerprint density at radius 2 is 1.94 bits per heavy atom. The van der Waals surface area contributed by atoms with Crippen molar-refractivity contribution in [2.75, 3.05) is 13.2 Å². The summed E-state index contributed by atoms with van der Waals surface area (Å²) in [5, 5.41) is 8.86. The quantitative estimate of drug-likeness (QED) is 0.559. The minimum Gasteiger partial charge on any atom is -0.396 e. The lowest BCUT2D eigenvalue weighted by Crippen LogP contribution is -2.25. The molecule has 0 saturated carbocycles. The Labute approximate surface area is 122 Å². The third-order valence-corrected chi connectivity index (χ3v) is 4.80. The van der Waals surface area contributed by atoms with Gasteiger partial charge in [-0.15, -0.1) is 0 Å². The minimum atomic E-state index is -3.40. The average molecular weight is 383 g/mol. The molecule has 0 spiro atoms. The lowest BCUT2D eigenvalue weighted by Gasteiger charge is -2.09. The molecule has 0 bridgehead atoms. The van der Waals surface area contributed by atoms with Gasteiger partial charge < -0.3 is 5.11 Å². The molecule has 1 aromatic carbocycles. The zero-order chi connectivity index (χ0) is 13.6. The first-order valence-corrected chi connectivity index (χ1v) is 8.38. The van der Waals surface area contributed by atoms with Crippen LogP contribution in [0.4, 0.5) is 0 Å². The van der Waals surface area contributed by atoms with Crippen LogP contribution in [-0.4, -0.2) is 26.7 Å². The second kappa shape index (κ2) is 7.42. The van der Waals surface area contributed by atoms with Crippen LogP contribution in [0.3, 0.4) is 0 Å². The summed E-state index contributed by atoms with van der Waals surface area (Å²) in [6.45, 7) is 2.48. The van der Waals surface area contributed by atoms with Crippen LogP contribution in [0.5, 0.6) is 0 Å². The lowest BCUT2D eigenvalue weighted by atomic mass is 10.1. The van der Waals surface area contributed by atoms with Crippen LogP contribution in [0.15, 0.2) is 29.2 Å². The largest absolute Gasteiger partial charge is 0.396 e. The fourth-order valence-electron chi connectivity index (χ4n) is 1.45. The number of hydrogen-bond donors (Lipinski definition) is 2. The van der Waals surface area contributed by atoms with E-state index >= 15 is 0 Å². The number of halogens is 1. The third-order valence-electron chi connectivity index (χ3n) is 2.60. The maximum Gasteiger partial charge on any atom is 0.240 e. The van der Waals surface area contributed by atoms with Crippen LogP contribution in [0.1, 0.15) is 19.8 Å². The molecule has 1 unspecified atom stereocenters. The Morgan fingerprint density at radius 3 is 2.50 bits per heavy atom. The number of nitrogens with one attached hydrogen (secondary N) is 1. The van der Waals surface area contributed by atoms with Gasteiger partial charge in [0.25, 0.3) is 0 Å². The Kier molecular flexibility index (Phi) is 6.54. The van der Waals surface area contributed by atoms with E-state index in [9.17, 15) is 8.42 Å². The highest BCUT2D eigenvalue weighted by Crippen LogP contribution is 2.12. The molecule has 0 fully saturated rings. The molecule has 6 heteroatoms. The van der Waals surface area contributed by atoms with E-state index in [1.54, 1.807) is 24.3 Å². The molecule has 0 aromatic heterocycles. The Bertz CT molecular complexity index is 459. The molecule has 0 saturated heterocycles. The third kappa shape index (κ3) is 5.21. The summed E-state index contributed by atoms with van der Waals surface area (Å²) in [6.07, 6.45) is 1.54. The van der Waals surface area contributed by atoms with Crippen LogP contribution in [0, 0.1) is 9.49 Å². The molecular weight excluding hydrogens is 365 g/mol. The first-order valence-electron chi connectivity index (χ1n) is 5.82. The van der Waals surface area contributed by atoms with E-state index in [1.807, 2.05) is 6.92 Å². The molecule has 0 amide bonds. The molecule has 4 nitrogen and oxygen atoms in total. The molecule has 0 aliphatic carbocycles. The highest BCUT2D eigenvalue weighted by Gasteiger charge is 2.12. The van der Waals surface area contributed by atoms with Crippen molar-refractivity contribution in [1.29, 1.82) is 0 Å². The molecular formula is C12H18INO3S. The minimum absolute atomic E-state index is 0.143. The van der Waals surface area contributed by atoms with E-state index in [2.05, 4.69) is 27.3 Å². The van der Waals surface area contributed by atoms with Crippen LogP contribution in [-0.2, 0) is 10.0 Å². The summed E-state index contributed by atoms with van der Waals surface area (Å²) in [5.41, 5.74) is 0. The van der Waals surface area contributed by atoms with Crippen molar-refractivity contribution in [1.82, 2.24) is 4.72 Å². The smallest absolute Gasteiger partial charge is 0.240 e. The second-order valence-corrected chi connectivity index (χ2v) is 7.29.